The fraction of sp³-hybridized carbons (Fsp3) is 0.241. The molecule has 1 aromatic heterocycles. The molecule has 3 N–H and O–H groups in total. The van der Waals surface area contributed by atoms with Crippen LogP contribution in [0.3, 0.4) is 0 Å². The van der Waals surface area contributed by atoms with Gasteiger partial charge in [0, 0.05) is 9.86 Å². The molecular weight excluding hydrogens is 573 g/mol. The number of carbonyl (C=O) groups excluding carboxylic acids is 2. The minimum absolute atomic E-state index is 0.0224. The minimum atomic E-state index is -4.70. The fourth-order valence-electron chi connectivity index (χ4n) is 4.70. The number of halogens is 4. The minimum Gasteiger partial charge on any atom is -0.364 e. The molecule has 1 aliphatic carbocycles. The number of allylic oxidation sites excluding steroid dienone is 3. The molecule has 4 rings (SSSR count). The van der Waals surface area contributed by atoms with Crippen LogP contribution in [-0.4, -0.2) is 23.0 Å². The van der Waals surface area contributed by atoms with Crippen molar-refractivity contribution in [2.45, 2.75) is 38.8 Å². The van der Waals surface area contributed by atoms with E-state index in [-0.39, 0.29) is 35.7 Å². The van der Waals surface area contributed by atoms with Crippen molar-refractivity contribution >= 4 is 38.6 Å². The third-order valence-electron chi connectivity index (χ3n) is 6.74. The van der Waals surface area contributed by atoms with Crippen LogP contribution in [0.15, 0.2) is 75.9 Å². The smallest absolute Gasteiger partial charge is 0.364 e. The van der Waals surface area contributed by atoms with Gasteiger partial charge in [-0.25, -0.2) is 4.98 Å². The number of primary amides is 1. The topological polar surface area (TPSA) is 109 Å². The molecule has 3 aromatic rings. The molecule has 39 heavy (non-hydrogen) atoms. The molecule has 0 radical (unpaired) electrons. The van der Waals surface area contributed by atoms with E-state index in [1.807, 2.05) is 24.3 Å². The van der Waals surface area contributed by atoms with Gasteiger partial charge >= 0.3 is 6.18 Å². The fourth-order valence-corrected chi connectivity index (χ4v) is 5.07. The van der Waals surface area contributed by atoms with Crippen molar-refractivity contribution in [2.75, 3.05) is 0 Å². The number of aromatic nitrogens is 1. The summed E-state index contributed by atoms with van der Waals surface area (Å²) >= 11 is 3.34. The Kier molecular flexibility index (Phi) is 8.21. The molecular formula is C29H24BrF3N4O2. The van der Waals surface area contributed by atoms with Gasteiger partial charge in [0.05, 0.1) is 34.8 Å². The van der Waals surface area contributed by atoms with Crippen molar-refractivity contribution in [1.82, 2.24) is 10.3 Å². The highest BCUT2D eigenvalue weighted by molar-refractivity contribution is 9.10. The molecule has 0 saturated heterocycles. The molecule has 0 bridgehead atoms. The average Bonchev–Trinajstić information content (AvgIpc) is 3.03. The van der Waals surface area contributed by atoms with E-state index in [1.54, 1.807) is 25.1 Å². The van der Waals surface area contributed by atoms with Gasteiger partial charge in [-0.2, -0.15) is 18.4 Å². The highest BCUT2D eigenvalue weighted by Gasteiger charge is 2.39. The quantitative estimate of drug-likeness (QED) is 0.347. The van der Waals surface area contributed by atoms with Crippen LogP contribution in [-0.2, 0) is 12.8 Å². The molecule has 1 aliphatic rings. The number of nitrogens with zero attached hydrogens (tertiary/aromatic N) is 2. The molecule has 200 valence electrons. The second-order valence-electron chi connectivity index (χ2n) is 9.34. The van der Waals surface area contributed by atoms with Gasteiger partial charge in [0.2, 0.25) is 0 Å². The SMILES string of the molecule is CC1=C(NC(=O)c2cc(C(N)=O)nc3ccc(Br)cc23)C(C(F)(F)F)=CCCC1Cc1ccc(CC#N)cc1. The van der Waals surface area contributed by atoms with Gasteiger partial charge < -0.3 is 11.1 Å². The van der Waals surface area contributed by atoms with E-state index in [1.165, 1.54) is 6.07 Å². The first-order chi connectivity index (χ1) is 18.5. The summed E-state index contributed by atoms with van der Waals surface area (Å²) in [4.78, 5) is 29.6. The van der Waals surface area contributed by atoms with E-state index in [0.717, 1.165) is 17.2 Å². The van der Waals surface area contributed by atoms with Crippen LogP contribution in [0, 0.1) is 17.2 Å². The van der Waals surface area contributed by atoms with Crippen LogP contribution >= 0.6 is 15.9 Å². The number of amides is 2. The second kappa shape index (κ2) is 11.4. The van der Waals surface area contributed by atoms with Crippen molar-refractivity contribution < 1.29 is 22.8 Å². The Balaban J connectivity index is 1.75. The number of hydrogen-bond acceptors (Lipinski definition) is 4. The lowest BCUT2D eigenvalue weighted by Gasteiger charge is -2.22. The van der Waals surface area contributed by atoms with Gasteiger partial charge in [-0.15, -0.1) is 0 Å². The zero-order chi connectivity index (χ0) is 28.3. The first kappa shape index (κ1) is 28.0. The lowest BCUT2D eigenvalue weighted by molar-refractivity contribution is -0.0900. The number of carbonyl (C=O) groups is 2. The standard InChI is InChI=1S/C29H24BrF3N4O2/c1-16-19(13-18-7-5-17(6-8-18)11-12-34)3-2-4-23(29(31,32)33)26(16)37-28(39)22-15-25(27(35)38)36-24-10-9-20(30)14-21(22)24/h4-10,14-15,19H,2-3,11,13H2,1H3,(H2,35,38)(H,37,39). The van der Waals surface area contributed by atoms with Crippen molar-refractivity contribution in [3.63, 3.8) is 0 Å². The van der Waals surface area contributed by atoms with Crippen LogP contribution < -0.4 is 11.1 Å². The van der Waals surface area contributed by atoms with Crippen molar-refractivity contribution in [1.29, 1.82) is 5.26 Å². The summed E-state index contributed by atoms with van der Waals surface area (Å²) in [6.07, 6.45) is -2.20. The largest absolute Gasteiger partial charge is 0.418 e. The third kappa shape index (κ3) is 6.37. The van der Waals surface area contributed by atoms with Crippen LogP contribution in [0.1, 0.15) is 51.7 Å². The Labute approximate surface area is 231 Å². The summed E-state index contributed by atoms with van der Waals surface area (Å²) in [5.41, 5.74) is 6.48. The number of benzene rings is 2. The number of nitriles is 1. The van der Waals surface area contributed by atoms with Crippen LogP contribution in [0.2, 0.25) is 0 Å². The molecule has 2 amide bonds. The normalized spacial score (nSPS) is 15.9. The average molecular weight is 597 g/mol. The maximum Gasteiger partial charge on any atom is 0.418 e. The number of rotatable bonds is 6. The number of nitrogens with two attached hydrogens (primary N) is 1. The molecule has 6 nitrogen and oxygen atoms in total. The Morgan fingerprint density at radius 3 is 2.49 bits per heavy atom. The monoisotopic (exact) mass is 596 g/mol. The molecule has 0 saturated carbocycles. The number of nitrogens with one attached hydrogen (secondary N) is 1. The lowest BCUT2D eigenvalue weighted by Crippen LogP contribution is -2.30. The van der Waals surface area contributed by atoms with Crippen LogP contribution in [0.4, 0.5) is 13.2 Å². The first-order valence-corrected chi connectivity index (χ1v) is 12.9. The summed E-state index contributed by atoms with van der Waals surface area (Å²) in [5.74, 6) is -1.95. The van der Waals surface area contributed by atoms with Gasteiger partial charge in [-0.05, 0) is 73.1 Å². The van der Waals surface area contributed by atoms with Crippen molar-refractivity contribution in [3.8, 4) is 6.07 Å². The van der Waals surface area contributed by atoms with Crippen molar-refractivity contribution in [2.24, 2.45) is 11.7 Å². The van der Waals surface area contributed by atoms with E-state index in [0.29, 0.717) is 33.8 Å². The molecule has 2 aromatic carbocycles. The van der Waals surface area contributed by atoms with E-state index in [9.17, 15) is 22.8 Å². The summed E-state index contributed by atoms with van der Waals surface area (Å²) in [6, 6.07) is 15.5. The maximum atomic E-state index is 14.2. The molecule has 10 heteroatoms. The van der Waals surface area contributed by atoms with E-state index < -0.39 is 23.6 Å². The maximum absolute atomic E-state index is 14.2. The van der Waals surface area contributed by atoms with E-state index in [4.69, 9.17) is 11.0 Å². The number of pyridine rings is 1. The summed E-state index contributed by atoms with van der Waals surface area (Å²) < 4.78 is 43.2. The third-order valence-corrected chi connectivity index (χ3v) is 7.23. The zero-order valence-corrected chi connectivity index (χ0v) is 22.5. The highest BCUT2D eigenvalue weighted by Crippen LogP contribution is 2.38. The van der Waals surface area contributed by atoms with E-state index >= 15 is 0 Å². The van der Waals surface area contributed by atoms with E-state index in [2.05, 4.69) is 32.3 Å². The van der Waals surface area contributed by atoms with Crippen molar-refractivity contribution in [3.05, 3.63) is 98.3 Å². The molecule has 1 heterocycles. The van der Waals surface area contributed by atoms with Gasteiger partial charge in [0.25, 0.3) is 11.8 Å². The highest BCUT2D eigenvalue weighted by atomic mass is 79.9. The van der Waals surface area contributed by atoms with Gasteiger partial charge in [-0.3, -0.25) is 9.59 Å². The lowest BCUT2D eigenvalue weighted by atomic mass is 9.88. The molecule has 0 spiro atoms. The molecule has 1 atom stereocenters. The summed E-state index contributed by atoms with van der Waals surface area (Å²) in [7, 11) is 0. The number of alkyl halides is 3. The molecule has 0 aliphatic heterocycles. The number of hydrogen-bond donors (Lipinski definition) is 2. The summed E-state index contributed by atoms with van der Waals surface area (Å²) in [6.45, 7) is 1.60. The van der Waals surface area contributed by atoms with Gasteiger partial charge in [-0.1, -0.05) is 46.3 Å². The predicted molar refractivity (Wildman–Crippen MR) is 144 cm³/mol. The Bertz CT molecular complexity index is 1550. The van der Waals surface area contributed by atoms with Gasteiger partial charge in [0.15, 0.2) is 0 Å². The Hall–Kier alpha value is -3.97. The molecule has 0 fully saturated rings. The first-order valence-electron chi connectivity index (χ1n) is 12.1. The zero-order valence-electron chi connectivity index (χ0n) is 20.9. The molecule has 1 unspecified atom stereocenters. The Morgan fingerprint density at radius 1 is 1.15 bits per heavy atom. The van der Waals surface area contributed by atoms with Crippen LogP contribution in [0.5, 0.6) is 0 Å². The second-order valence-corrected chi connectivity index (χ2v) is 10.3. The Morgan fingerprint density at radius 2 is 1.85 bits per heavy atom. The summed E-state index contributed by atoms with van der Waals surface area (Å²) in [5, 5.41) is 11.8. The van der Waals surface area contributed by atoms with Gasteiger partial charge in [0.1, 0.15) is 5.69 Å². The predicted octanol–water partition coefficient (Wildman–Crippen LogP) is 6.31. The number of fused-ring (bicyclic) bond motifs is 1. The van der Waals surface area contributed by atoms with Crippen LogP contribution in [0.25, 0.3) is 10.9 Å².